The fourth-order valence-corrected chi connectivity index (χ4v) is 5.55. The molecule has 2 unspecified atom stereocenters. The summed E-state index contributed by atoms with van der Waals surface area (Å²) in [6, 6.07) is 3.55. The van der Waals surface area contributed by atoms with Gasteiger partial charge in [-0.3, -0.25) is 20.2 Å². The van der Waals surface area contributed by atoms with Gasteiger partial charge in [-0.05, 0) is 80.7 Å². The quantitative estimate of drug-likeness (QED) is 0.374. The van der Waals surface area contributed by atoms with Crippen LogP contribution in [0.25, 0.3) is 11.1 Å². The second-order valence-electron chi connectivity index (χ2n) is 12.7. The number of rotatable bonds is 7. The third kappa shape index (κ3) is 7.35. The van der Waals surface area contributed by atoms with Crippen molar-refractivity contribution in [3.8, 4) is 11.1 Å². The molecule has 0 aliphatic carbocycles. The molecule has 3 atom stereocenters. The van der Waals surface area contributed by atoms with E-state index in [2.05, 4.69) is 25.5 Å². The summed E-state index contributed by atoms with van der Waals surface area (Å²) in [5, 5.41) is 11.9. The van der Waals surface area contributed by atoms with Crippen LogP contribution in [-0.4, -0.2) is 62.7 Å². The first-order chi connectivity index (χ1) is 21.6. The Bertz CT molecular complexity index is 1710. The first-order valence-electron chi connectivity index (χ1n) is 15.3. The fourth-order valence-electron chi connectivity index (χ4n) is 5.55. The lowest BCUT2D eigenvalue weighted by Gasteiger charge is -2.37. The Morgan fingerprint density at radius 2 is 1.87 bits per heavy atom. The molecule has 0 radical (unpaired) electrons. The number of alkyl halides is 3. The highest BCUT2D eigenvalue weighted by molar-refractivity contribution is 5.94. The molecule has 0 saturated carbocycles. The number of fused-ring (bicyclic) bond motifs is 1. The molecular formula is C31H39F3N9O3+. The van der Waals surface area contributed by atoms with Crippen molar-refractivity contribution in [1.29, 1.82) is 0 Å². The minimum absolute atomic E-state index is 0.0635. The van der Waals surface area contributed by atoms with Gasteiger partial charge >= 0.3 is 24.0 Å². The number of nitrogens with two attached hydrogens (primary N) is 1. The van der Waals surface area contributed by atoms with Crippen molar-refractivity contribution in [1.82, 2.24) is 25.0 Å². The first kappa shape index (κ1) is 33.0. The summed E-state index contributed by atoms with van der Waals surface area (Å²) < 4.78 is 48.7. The largest absolute Gasteiger partial charge is 0.444 e. The van der Waals surface area contributed by atoms with Crippen LogP contribution in [-0.2, 0) is 10.9 Å². The molecule has 2 amide bonds. The number of carbonyl (C=O) groups is 2. The molecule has 0 spiro atoms. The van der Waals surface area contributed by atoms with Crippen LogP contribution in [0.3, 0.4) is 0 Å². The highest BCUT2D eigenvalue weighted by atomic mass is 19.4. The van der Waals surface area contributed by atoms with Gasteiger partial charge in [-0.25, -0.2) is 4.79 Å². The van der Waals surface area contributed by atoms with Crippen LogP contribution < -0.4 is 20.9 Å². The van der Waals surface area contributed by atoms with Gasteiger partial charge in [0, 0.05) is 42.7 Å². The standard InChI is InChI=1S/C31H38F3N9O3/c1-6-18(2)38-27(44)23-13-21(16-43-26(23)39-28(35)40-43)22-15-37-42(17-22)25(20-7-8-24(36-14-20)31(32,33)34)19-9-11-41(12-10-19)29(45)46-30(3,4)5/h7-8,13-19,25,28H,6,9-12,35H2,1-5H3/p+1/t18-,25?,28?/m0/s1. The highest BCUT2D eigenvalue weighted by Crippen LogP contribution is 2.36. The van der Waals surface area contributed by atoms with E-state index in [1.165, 1.54) is 16.6 Å². The molecule has 3 aromatic rings. The van der Waals surface area contributed by atoms with E-state index in [0.29, 0.717) is 53.7 Å². The Labute approximate surface area is 264 Å². The number of likely N-dealkylation sites (tertiary alicyclic amines) is 1. The molecule has 5 rings (SSSR count). The minimum Gasteiger partial charge on any atom is -0.444 e. The van der Waals surface area contributed by atoms with Crippen molar-refractivity contribution in [2.45, 2.75) is 84.0 Å². The van der Waals surface area contributed by atoms with E-state index in [9.17, 15) is 22.8 Å². The van der Waals surface area contributed by atoms with E-state index < -0.39 is 35.9 Å². The Morgan fingerprint density at radius 1 is 1.15 bits per heavy atom. The minimum atomic E-state index is -4.57. The van der Waals surface area contributed by atoms with Gasteiger partial charge < -0.3 is 15.0 Å². The zero-order valence-electron chi connectivity index (χ0n) is 26.5. The maximum atomic E-state index is 13.3. The topological polar surface area (TPSA) is 146 Å². The zero-order chi connectivity index (χ0) is 33.4. The summed E-state index contributed by atoms with van der Waals surface area (Å²) in [5.41, 5.74) is 6.81. The normalized spacial score (nSPS) is 18.3. The van der Waals surface area contributed by atoms with Crippen LogP contribution in [0.2, 0.25) is 0 Å². The number of pyridine rings is 2. The van der Waals surface area contributed by atoms with Gasteiger partial charge in [0.25, 0.3) is 5.91 Å². The summed E-state index contributed by atoms with van der Waals surface area (Å²) >= 11 is 0. The Kier molecular flexibility index (Phi) is 9.16. The first-order valence-corrected chi connectivity index (χ1v) is 15.3. The van der Waals surface area contributed by atoms with E-state index in [-0.39, 0.29) is 17.9 Å². The average Bonchev–Trinajstić information content (AvgIpc) is 3.62. The summed E-state index contributed by atoms with van der Waals surface area (Å²) in [6.45, 7) is 10.1. The maximum Gasteiger partial charge on any atom is 0.433 e. The van der Waals surface area contributed by atoms with Crippen LogP contribution in [0.4, 0.5) is 18.0 Å². The molecule has 12 nitrogen and oxygen atoms in total. The molecule has 3 N–H and O–H groups in total. The van der Waals surface area contributed by atoms with Gasteiger partial charge in [0.1, 0.15) is 23.1 Å². The van der Waals surface area contributed by atoms with Crippen LogP contribution in [0, 0.1) is 5.92 Å². The van der Waals surface area contributed by atoms with Crippen LogP contribution in [0.5, 0.6) is 0 Å². The maximum absolute atomic E-state index is 13.3. The molecule has 5 heterocycles. The SMILES string of the molecule is CC[C@H](C)NC(=O)c1cc(-c2cnn(C(c3ccc(C(F)(F)F)nc3)C3CCN(C(=O)OC(C)(C)C)CC3)c2)c[n+]2c1=NC(N)N=2. The predicted octanol–water partition coefficient (Wildman–Crippen LogP) is 3.92. The van der Waals surface area contributed by atoms with Crippen molar-refractivity contribution >= 4 is 12.0 Å². The van der Waals surface area contributed by atoms with Crippen molar-refractivity contribution in [2.24, 2.45) is 21.8 Å². The summed E-state index contributed by atoms with van der Waals surface area (Å²) in [5.74, 6) is -0.395. The lowest BCUT2D eigenvalue weighted by atomic mass is 9.86. The zero-order valence-corrected chi connectivity index (χ0v) is 26.5. The number of nitrogens with one attached hydrogen (secondary N) is 1. The van der Waals surface area contributed by atoms with Crippen molar-refractivity contribution < 1.29 is 31.9 Å². The van der Waals surface area contributed by atoms with Crippen molar-refractivity contribution in [3.05, 3.63) is 65.3 Å². The summed E-state index contributed by atoms with van der Waals surface area (Å²) in [7, 11) is 0. The van der Waals surface area contributed by atoms with E-state index >= 15 is 0 Å². The number of hydrogen-bond donors (Lipinski definition) is 2. The molecule has 246 valence electrons. The molecular weight excluding hydrogens is 603 g/mol. The lowest BCUT2D eigenvalue weighted by molar-refractivity contribution is -0.559. The van der Waals surface area contributed by atoms with Gasteiger partial charge in [-0.2, -0.15) is 18.3 Å². The summed E-state index contributed by atoms with van der Waals surface area (Å²) in [6.07, 6.45) is 2.40. The van der Waals surface area contributed by atoms with E-state index in [1.807, 2.05) is 13.8 Å². The van der Waals surface area contributed by atoms with E-state index in [1.54, 1.807) is 55.0 Å². The molecule has 1 fully saturated rings. The molecule has 0 bridgehead atoms. The number of halogens is 3. The van der Waals surface area contributed by atoms with Crippen LogP contribution in [0.1, 0.15) is 81.5 Å². The third-order valence-corrected chi connectivity index (χ3v) is 8.03. The molecule has 3 aromatic heterocycles. The fraction of sp³-hybridized carbons (Fsp3) is 0.516. The highest BCUT2D eigenvalue weighted by Gasteiger charge is 2.36. The van der Waals surface area contributed by atoms with Gasteiger partial charge in [0.05, 0.1) is 12.2 Å². The number of nitrogens with zero attached hydrogens (tertiary/aromatic N) is 7. The number of carbonyl (C=O) groups excluding carboxylic acids is 2. The third-order valence-electron chi connectivity index (χ3n) is 8.03. The van der Waals surface area contributed by atoms with E-state index in [4.69, 9.17) is 10.5 Å². The Hall–Kier alpha value is -4.40. The Morgan fingerprint density at radius 3 is 2.48 bits per heavy atom. The van der Waals surface area contributed by atoms with E-state index in [0.717, 1.165) is 12.5 Å². The smallest absolute Gasteiger partial charge is 0.433 e. The Balaban J connectivity index is 1.49. The second kappa shape index (κ2) is 12.8. The lowest BCUT2D eigenvalue weighted by Crippen LogP contribution is -2.43. The molecule has 1 saturated heterocycles. The van der Waals surface area contributed by atoms with Crippen LogP contribution in [0.15, 0.2) is 53.1 Å². The summed E-state index contributed by atoms with van der Waals surface area (Å²) in [4.78, 5) is 35.6. The van der Waals surface area contributed by atoms with Gasteiger partial charge in [0.2, 0.25) is 0 Å². The number of hydrogen-bond acceptors (Lipinski definition) is 8. The molecule has 0 aromatic carbocycles. The second-order valence-corrected chi connectivity index (χ2v) is 12.7. The molecule has 46 heavy (non-hydrogen) atoms. The van der Waals surface area contributed by atoms with Gasteiger partial charge in [-0.1, -0.05) is 17.4 Å². The average molecular weight is 643 g/mol. The van der Waals surface area contributed by atoms with Crippen molar-refractivity contribution in [3.63, 3.8) is 0 Å². The van der Waals surface area contributed by atoms with Gasteiger partial charge in [0.15, 0.2) is 0 Å². The molecule has 15 heteroatoms. The van der Waals surface area contributed by atoms with Crippen molar-refractivity contribution in [2.75, 3.05) is 13.1 Å². The predicted molar refractivity (Wildman–Crippen MR) is 160 cm³/mol. The van der Waals surface area contributed by atoms with Gasteiger partial charge in [-0.15, -0.1) is 0 Å². The number of aromatic nitrogens is 4. The monoisotopic (exact) mass is 642 g/mol. The number of piperidine rings is 1. The molecule has 2 aliphatic rings. The number of amides is 2. The van der Waals surface area contributed by atoms with Crippen LogP contribution >= 0.6 is 0 Å². The number of ether oxygens (including phenoxy) is 1. The molecule has 2 aliphatic heterocycles.